The van der Waals surface area contributed by atoms with E-state index in [-0.39, 0.29) is 18.4 Å². The van der Waals surface area contributed by atoms with Crippen LogP contribution in [-0.4, -0.2) is 43.8 Å². The number of nitrogens with zero attached hydrogens (tertiary/aromatic N) is 1. The van der Waals surface area contributed by atoms with Crippen LogP contribution in [-0.2, 0) is 14.3 Å². The molecule has 1 aliphatic heterocycles. The number of methoxy groups -OCH3 is 1. The van der Waals surface area contributed by atoms with Crippen molar-refractivity contribution in [1.82, 2.24) is 4.90 Å². The van der Waals surface area contributed by atoms with E-state index in [1.165, 1.54) is 4.90 Å². The first-order valence-electron chi connectivity index (χ1n) is 7.26. The second-order valence-electron chi connectivity index (χ2n) is 5.06. The molecule has 0 spiro atoms. The second-order valence-corrected chi connectivity index (χ2v) is 5.06. The Hall–Kier alpha value is -1.88. The second kappa shape index (κ2) is 7.78. The van der Waals surface area contributed by atoms with Gasteiger partial charge in [-0.05, 0) is 18.4 Å². The Morgan fingerprint density at radius 3 is 2.71 bits per heavy atom. The fourth-order valence-electron chi connectivity index (χ4n) is 2.49. The summed E-state index contributed by atoms with van der Waals surface area (Å²) in [5, 5.41) is 0. The smallest absolute Gasteiger partial charge is 0.416 e. The van der Waals surface area contributed by atoms with Crippen molar-refractivity contribution in [2.75, 3.05) is 26.9 Å². The number of amides is 2. The fourth-order valence-corrected chi connectivity index (χ4v) is 2.49. The van der Waals surface area contributed by atoms with Gasteiger partial charge in [0, 0.05) is 13.7 Å². The van der Waals surface area contributed by atoms with Crippen LogP contribution in [0.25, 0.3) is 0 Å². The number of rotatable bonds is 7. The van der Waals surface area contributed by atoms with E-state index in [1.54, 1.807) is 7.11 Å². The van der Waals surface area contributed by atoms with Gasteiger partial charge in [0.15, 0.2) is 0 Å². The first kappa shape index (κ1) is 15.5. The predicted molar refractivity (Wildman–Crippen MR) is 78.0 cm³/mol. The van der Waals surface area contributed by atoms with E-state index in [0.29, 0.717) is 19.6 Å². The number of imide groups is 1. The molecule has 1 fully saturated rings. The maximum absolute atomic E-state index is 12.6. The van der Waals surface area contributed by atoms with Crippen LogP contribution in [0.5, 0.6) is 0 Å². The van der Waals surface area contributed by atoms with Gasteiger partial charge in [-0.3, -0.25) is 4.79 Å². The van der Waals surface area contributed by atoms with Crippen LogP contribution < -0.4 is 0 Å². The molecule has 0 saturated carbocycles. The maximum Gasteiger partial charge on any atom is 0.416 e. The van der Waals surface area contributed by atoms with Crippen molar-refractivity contribution < 1.29 is 19.1 Å². The normalized spacial score (nSPS) is 15.9. The number of carbonyl (C=O) groups excluding carboxylic acids is 2. The Morgan fingerprint density at radius 1 is 1.33 bits per heavy atom. The highest BCUT2D eigenvalue weighted by molar-refractivity contribution is 5.96. The summed E-state index contributed by atoms with van der Waals surface area (Å²) in [4.78, 5) is 25.4. The highest BCUT2D eigenvalue weighted by Gasteiger charge is 2.33. The molecule has 0 N–H and O–H groups in total. The van der Waals surface area contributed by atoms with E-state index >= 15 is 0 Å². The molecule has 0 aliphatic carbocycles. The molecule has 0 aromatic heterocycles. The number of unbranched alkanes of at least 4 members (excludes halogenated alkanes) is 1. The lowest BCUT2D eigenvalue weighted by Crippen LogP contribution is -2.35. The summed E-state index contributed by atoms with van der Waals surface area (Å²) in [6.45, 7) is 1.32. The first-order valence-corrected chi connectivity index (χ1v) is 7.26. The van der Waals surface area contributed by atoms with Crippen LogP contribution in [0.3, 0.4) is 0 Å². The van der Waals surface area contributed by atoms with Gasteiger partial charge in [-0.25, -0.2) is 9.69 Å². The number of ether oxygens (including phenoxy) is 2. The zero-order chi connectivity index (χ0) is 15.1. The van der Waals surface area contributed by atoms with E-state index in [9.17, 15) is 9.59 Å². The molecule has 0 bridgehead atoms. The Kier molecular flexibility index (Phi) is 5.75. The third-order valence-electron chi connectivity index (χ3n) is 3.62. The summed E-state index contributed by atoms with van der Waals surface area (Å²) in [5.74, 6) is -0.463. The minimum Gasteiger partial charge on any atom is -0.447 e. The van der Waals surface area contributed by atoms with Crippen molar-refractivity contribution in [3.8, 4) is 0 Å². The summed E-state index contributed by atoms with van der Waals surface area (Å²) < 4.78 is 9.90. The zero-order valence-electron chi connectivity index (χ0n) is 12.3. The minimum absolute atomic E-state index is 0.166. The average molecular weight is 291 g/mol. The highest BCUT2D eigenvalue weighted by atomic mass is 16.6. The molecule has 21 heavy (non-hydrogen) atoms. The molecule has 5 heteroatoms. The van der Waals surface area contributed by atoms with Gasteiger partial charge in [-0.15, -0.1) is 0 Å². The molecule has 2 rings (SSSR count). The van der Waals surface area contributed by atoms with Crippen molar-refractivity contribution >= 4 is 12.0 Å². The van der Waals surface area contributed by atoms with E-state index in [2.05, 4.69) is 0 Å². The Labute approximate surface area is 124 Å². The van der Waals surface area contributed by atoms with Crippen LogP contribution in [0.1, 0.15) is 30.7 Å². The number of benzene rings is 1. The van der Waals surface area contributed by atoms with Crippen molar-refractivity contribution in [3.05, 3.63) is 35.9 Å². The lowest BCUT2D eigenvalue weighted by Gasteiger charge is -2.20. The minimum atomic E-state index is -0.530. The van der Waals surface area contributed by atoms with Crippen molar-refractivity contribution in [3.63, 3.8) is 0 Å². The Morgan fingerprint density at radius 2 is 2.10 bits per heavy atom. The summed E-state index contributed by atoms with van der Waals surface area (Å²) >= 11 is 0. The van der Waals surface area contributed by atoms with Gasteiger partial charge in [0.2, 0.25) is 5.91 Å². The monoisotopic (exact) mass is 291 g/mol. The fraction of sp³-hybridized carbons (Fsp3) is 0.500. The average Bonchev–Trinajstić information content (AvgIpc) is 2.94. The molecular formula is C16H21NO4. The van der Waals surface area contributed by atoms with Gasteiger partial charge < -0.3 is 9.47 Å². The van der Waals surface area contributed by atoms with Gasteiger partial charge in [-0.2, -0.15) is 0 Å². The Bertz CT molecular complexity index is 474. The molecule has 1 aliphatic rings. The number of hydrogen-bond acceptors (Lipinski definition) is 4. The lowest BCUT2D eigenvalue weighted by atomic mass is 9.92. The van der Waals surface area contributed by atoms with Crippen LogP contribution in [0.2, 0.25) is 0 Å². The third kappa shape index (κ3) is 4.04. The molecular weight excluding hydrogens is 270 g/mol. The summed E-state index contributed by atoms with van der Waals surface area (Å²) in [6.07, 6.45) is 1.95. The van der Waals surface area contributed by atoms with Crippen LogP contribution in [0.15, 0.2) is 30.3 Å². The van der Waals surface area contributed by atoms with E-state index in [1.807, 2.05) is 30.3 Å². The van der Waals surface area contributed by atoms with Gasteiger partial charge in [0.1, 0.15) is 6.61 Å². The van der Waals surface area contributed by atoms with Gasteiger partial charge in [0.25, 0.3) is 0 Å². The largest absolute Gasteiger partial charge is 0.447 e. The van der Waals surface area contributed by atoms with E-state index in [4.69, 9.17) is 9.47 Å². The molecule has 1 aromatic rings. The SMILES string of the molecule is COCCCC[C@H](C(=O)N1CCOC1=O)c1ccccc1. The predicted octanol–water partition coefficient (Wildman–Crippen LogP) is 2.57. The standard InChI is InChI=1S/C16H21NO4/c1-20-11-6-5-9-14(13-7-3-2-4-8-13)15(18)17-10-12-21-16(17)19/h2-4,7-8,14H,5-6,9-12H2,1H3/t14-/m0/s1. The lowest BCUT2D eigenvalue weighted by molar-refractivity contribution is -0.129. The molecule has 1 atom stereocenters. The molecule has 114 valence electrons. The molecule has 0 unspecified atom stereocenters. The number of cyclic esters (lactones) is 1. The topological polar surface area (TPSA) is 55.8 Å². The summed E-state index contributed by atoms with van der Waals surface area (Å²) in [5.41, 5.74) is 0.944. The van der Waals surface area contributed by atoms with Gasteiger partial charge in [0.05, 0.1) is 12.5 Å². The summed E-state index contributed by atoms with van der Waals surface area (Å²) in [7, 11) is 1.67. The Balaban J connectivity index is 2.07. The quantitative estimate of drug-likeness (QED) is 0.724. The number of carbonyl (C=O) groups is 2. The van der Waals surface area contributed by atoms with Gasteiger partial charge in [-0.1, -0.05) is 36.8 Å². The van der Waals surface area contributed by atoms with Crippen molar-refractivity contribution in [2.45, 2.75) is 25.2 Å². The third-order valence-corrected chi connectivity index (χ3v) is 3.62. The van der Waals surface area contributed by atoms with E-state index < -0.39 is 6.09 Å². The number of hydrogen-bond donors (Lipinski definition) is 0. The van der Waals surface area contributed by atoms with Crippen LogP contribution in [0, 0.1) is 0 Å². The van der Waals surface area contributed by atoms with Gasteiger partial charge >= 0.3 is 6.09 Å². The summed E-state index contributed by atoms with van der Waals surface area (Å²) in [6, 6.07) is 9.60. The molecule has 1 heterocycles. The first-order chi connectivity index (χ1) is 10.2. The van der Waals surface area contributed by atoms with Crippen molar-refractivity contribution in [2.24, 2.45) is 0 Å². The zero-order valence-corrected chi connectivity index (χ0v) is 12.3. The van der Waals surface area contributed by atoms with Crippen LogP contribution >= 0.6 is 0 Å². The molecule has 1 saturated heterocycles. The molecule has 5 nitrogen and oxygen atoms in total. The molecule has 2 amide bonds. The highest BCUT2D eigenvalue weighted by Crippen LogP contribution is 2.25. The van der Waals surface area contributed by atoms with Crippen LogP contribution in [0.4, 0.5) is 4.79 Å². The maximum atomic E-state index is 12.6. The molecule has 0 radical (unpaired) electrons. The van der Waals surface area contributed by atoms with Crippen molar-refractivity contribution in [1.29, 1.82) is 0 Å². The molecule has 1 aromatic carbocycles. The van der Waals surface area contributed by atoms with E-state index in [0.717, 1.165) is 18.4 Å².